The summed E-state index contributed by atoms with van der Waals surface area (Å²) in [4.78, 5) is 11.6. The van der Waals surface area contributed by atoms with E-state index in [1.807, 2.05) is 48.5 Å². The van der Waals surface area contributed by atoms with E-state index < -0.39 is 0 Å². The number of hydrazone groups is 1. The van der Waals surface area contributed by atoms with Crippen molar-refractivity contribution in [1.29, 1.82) is 0 Å². The van der Waals surface area contributed by atoms with Crippen LogP contribution in [0, 0.1) is 0 Å². The number of para-hydroxylation sites is 1. The third-order valence-corrected chi connectivity index (χ3v) is 2.85. The summed E-state index contributed by atoms with van der Waals surface area (Å²) in [5.74, 6) is -0.239. The second-order valence-corrected chi connectivity index (χ2v) is 4.44. The maximum atomic E-state index is 11.6. The maximum Gasteiger partial charge on any atom is 0.259 e. The van der Waals surface area contributed by atoms with Gasteiger partial charge in [0.05, 0.1) is 23.5 Å². The van der Waals surface area contributed by atoms with Crippen molar-refractivity contribution in [1.82, 2.24) is 5.43 Å². The fourth-order valence-corrected chi connectivity index (χ4v) is 1.74. The van der Waals surface area contributed by atoms with Crippen LogP contribution in [0.1, 0.15) is 5.56 Å². The predicted molar refractivity (Wildman–Crippen MR) is 82.1 cm³/mol. The SMILES string of the molecule is O=C(CNc1ccccc1Cl)N/N=C\c1ccccc1. The monoisotopic (exact) mass is 287 g/mol. The summed E-state index contributed by atoms with van der Waals surface area (Å²) in [6.45, 7) is 0.107. The highest BCUT2D eigenvalue weighted by Crippen LogP contribution is 2.19. The van der Waals surface area contributed by atoms with Crippen molar-refractivity contribution < 1.29 is 4.79 Å². The lowest BCUT2D eigenvalue weighted by atomic mass is 10.2. The Balaban J connectivity index is 1.79. The first-order chi connectivity index (χ1) is 9.75. The third kappa shape index (κ3) is 4.40. The Hall–Kier alpha value is -2.33. The van der Waals surface area contributed by atoms with Crippen LogP contribution in [0.2, 0.25) is 5.02 Å². The molecule has 1 amide bonds. The highest BCUT2D eigenvalue weighted by atomic mass is 35.5. The quantitative estimate of drug-likeness (QED) is 0.656. The number of hydrogen-bond acceptors (Lipinski definition) is 3. The van der Waals surface area contributed by atoms with Gasteiger partial charge in [-0.05, 0) is 17.7 Å². The van der Waals surface area contributed by atoms with Crippen molar-refractivity contribution in [3.05, 3.63) is 65.2 Å². The third-order valence-electron chi connectivity index (χ3n) is 2.52. The number of nitrogens with one attached hydrogen (secondary N) is 2. The number of carbonyl (C=O) groups excluding carboxylic acids is 1. The van der Waals surface area contributed by atoms with Crippen LogP contribution < -0.4 is 10.7 Å². The minimum atomic E-state index is -0.239. The van der Waals surface area contributed by atoms with Crippen molar-refractivity contribution >= 4 is 29.4 Å². The number of hydrogen-bond donors (Lipinski definition) is 2. The van der Waals surface area contributed by atoms with E-state index in [1.54, 1.807) is 12.3 Å². The van der Waals surface area contributed by atoms with Gasteiger partial charge in [0.1, 0.15) is 0 Å². The zero-order valence-corrected chi connectivity index (χ0v) is 11.5. The van der Waals surface area contributed by atoms with Gasteiger partial charge >= 0.3 is 0 Å². The number of rotatable bonds is 5. The van der Waals surface area contributed by atoms with Crippen LogP contribution in [0.15, 0.2) is 59.7 Å². The highest BCUT2D eigenvalue weighted by molar-refractivity contribution is 6.33. The Morgan fingerprint density at radius 3 is 2.55 bits per heavy atom. The van der Waals surface area contributed by atoms with E-state index in [0.717, 1.165) is 11.3 Å². The molecular weight excluding hydrogens is 274 g/mol. The molecule has 0 atom stereocenters. The summed E-state index contributed by atoms with van der Waals surface area (Å²) in [6, 6.07) is 16.8. The van der Waals surface area contributed by atoms with Crippen molar-refractivity contribution in [2.75, 3.05) is 11.9 Å². The molecule has 2 rings (SSSR count). The van der Waals surface area contributed by atoms with Crippen molar-refractivity contribution in [3.63, 3.8) is 0 Å². The van der Waals surface area contributed by atoms with Crippen molar-refractivity contribution in [2.24, 2.45) is 5.10 Å². The topological polar surface area (TPSA) is 53.5 Å². The summed E-state index contributed by atoms with van der Waals surface area (Å²) in [6.07, 6.45) is 1.59. The zero-order valence-electron chi connectivity index (χ0n) is 10.7. The minimum absolute atomic E-state index is 0.107. The lowest BCUT2D eigenvalue weighted by Crippen LogP contribution is -2.25. The average molecular weight is 288 g/mol. The number of amides is 1. The first-order valence-corrected chi connectivity index (χ1v) is 6.49. The van der Waals surface area contributed by atoms with Crippen molar-refractivity contribution in [3.8, 4) is 0 Å². The molecule has 2 N–H and O–H groups in total. The first-order valence-electron chi connectivity index (χ1n) is 6.11. The van der Waals surface area contributed by atoms with Gasteiger partial charge in [-0.3, -0.25) is 4.79 Å². The van der Waals surface area contributed by atoms with E-state index in [4.69, 9.17) is 11.6 Å². The first kappa shape index (κ1) is 14.1. The smallest absolute Gasteiger partial charge is 0.259 e. The number of anilines is 1. The van der Waals surface area contributed by atoms with E-state index in [0.29, 0.717) is 5.02 Å². The summed E-state index contributed by atoms with van der Waals surface area (Å²) < 4.78 is 0. The lowest BCUT2D eigenvalue weighted by Gasteiger charge is -2.06. The molecule has 0 aromatic heterocycles. The molecule has 0 unspecified atom stereocenters. The molecule has 0 aliphatic heterocycles. The molecule has 0 bridgehead atoms. The molecule has 0 heterocycles. The molecule has 0 fully saturated rings. The van der Waals surface area contributed by atoms with Crippen LogP contribution >= 0.6 is 11.6 Å². The summed E-state index contributed by atoms with van der Waals surface area (Å²) in [5.41, 5.74) is 4.09. The van der Waals surface area contributed by atoms with Gasteiger partial charge in [0, 0.05) is 0 Å². The van der Waals surface area contributed by atoms with E-state index in [1.165, 1.54) is 0 Å². The van der Waals surface area contributed by atoms with Crippen LogP contribution in [0.3, 0.4) is 0 Å². The van der Waals surface area contributed by atoms with E-state index in [2.05, 4.69) is 15.8 Å². The summed E-state index contributed by atoms with van der Waals surface area (Å²) in [5, 5.41) is 7.40. The summed E-state index contributed by atoms with van der Waals surface area (Å²) in [7, 11) is 0. The molecule has 0 spiro atoms. The molecule has 2 aromatic rings. The molecule has 0 aliphatic rings. The molecule has 2 aromatic carbocycles. The van der Waals surface area contributed by atoms with E-state index in [9.17, 15) is 4.79 Å². The fraction of sp³-hybridized carbons (Fsp3) is 0.0667. The maximum absolute atomic E-state index is 11.6. The number of nitrogens with zero attached hydrogens (tertiary/aromatic N) is 1. The number of carbonyl (C=O) groups is 1. The Morgan fingerprint density at radius 2 is 1.80 bits per heavy atom. The van der Waals surface area contributed by atoms with Crippen LogP contribution in [-0.2, 0) is 4.79 Å². The molecule has 4 nitrogen and oxygen atoms in total. The van der Waals surface area contributed by atoms with Crippen LogP contribution in [0.25, 0.3) is 0 Å². The standard InChI is InChI=1S/C15H14ClN3O/c16-13-8-4-5-9-14(13)17-11-15(20)19-18-10-12-6-2-1-3-7-12/h1-10,17H,11H2,(H,19,20)/b18-10-. The molecule has 0 saturated carbocycles. The zero-order chi connectivity index (χ0) is 14.2. The van der Waals surface area contributed by atoms with Gasteiger partial charge in [0.2, 0.25) is 0 Å². The Labute approximate surface area is 122 Å². The summed E-state index contributed by atoms with van der Waals surface area (Å²) >= 11 is 5.97. The van der Waals surface area contributed by atoms with Gasteiger partial charge in [0.15, 0.2) is 0 Å². The second kappa shape index (κ2) is 7.31. The number of halogens is 1. The largest absolute Gasteiger partial charge is 0.375 e. The van der Waals surface area contributed by atoms with Gasteiger partial charge in [-0.2, -0.15) is 5.10 Å². The van der Waals surface area contributed by atoms with Crippen LogP contribution in [0.5, 0.6) is 0 Å². The molecule has 0 saturated heterocycles. The van der Waals surface area contributed by atoms with Crippen molar-refractivity contribution in [2.45, 2.75) is 0 Å². The average Bonchev–Trinajstić information content (AvgIpc) is 2.47. The predicted octanol–water partition coefficient (Wildman–Crippen LogP) is 2.90. The molecule has 5 heteroatoms. The van der Waals surface area contributed by atoms with E-state index in [-0.39, 0.29) is 12.5 Å². The van der Waals surface area contributed by atoms with Crippen LogP contribution in [-0.4, -0.2) is 18.7 Å². The fourth-order valence-electron chi connectivity index (χ4n) is 1.54. The molecule has 20 heavy (non-hydrogen) atoms. The Morgan fingerprint density at radius 1 is 1.10 bits per heavy atom. The molecule has 0 radical (unpaired) electrons. The van der Waals surface area contributed by atoms with Gasteiger partial charge in [-0.15, -0.1) is 0 Å². The second-order valence-electron chi connectivity index (χ2n) is 4.04. The Kier molecular flexibility index (Phi) is 5.15. The molecule has 102 valence electrons. The Bertz CT molecular complexity index is 599. The molecule has 0 aliphatic carbocycles. The lowest BCUT2D eigenvalue weighted by molar-refractivity contribution is -0.119. The van der Waals surface area contributed by atoms with Gasteiger partial charge in [0.25, 0.3) is 5.91 Å². The normalized spacial score (nSPS) is 10.4. The van der Waals surface area contributed by atoms with Gasteiger partial charge in [-0.25, -0.2) is 5.43 Å². The van der Waals surface area contributed by atoms with Crippen LogP contribution in [0.4, 0.5) is 5.69 Å². The number of benzene rings is 2. The van der Waals surface area contributed by atoms with E-state index >= 15 is 0 Å². The van der Waals surface area contributed by atoms with Gasteiger partial charge in [-0.1, -0.05) is 54.1 Å². The van der Waals surface area contributed by atoms with Gasteiger partial charge < -0.3 is 5.32 Å². The molecular formula is C15H14ClN3O. The highest BCUT2D eigenvalue weighted by Gasteiger charge is 2.01. The minimum Gasteiger partial charge on any atom is -0.375 e.